The quantitative estimate of drug-likeness (QED) is 0.618. The maximum absolute atomic E-state index is 13.2. The normalized spacial score (nSPS) is 10.8. The smallest absolute Gasteiger partial charge is 0.273 e. The number of hydrogen-bond donors (Lipinski definition) is 1. The van der Waals surface area contributed by atoms with Crippen LogP contribution in [0.3, 0.4) is 0 Å². The van der Waals surface area contributed by atoms with Gasteiger partial charge in [-0.2, -0.15) is 0 Å². The number of nitrogens with zero attached hydrogens (tertiary/aromatic N) is 3. The van der Waals surface area contributed by atoms with E-state index >= 15 is 0 Å². The van der Waals surface area contributed by atoms with Crippen LogP contribution >= 0.6 is 0 Å². The molecule has 0 saturated heterocycles. The fourth-order valence-corrected chi connectivity index (χ4v) is 3.16. The predicted octanol–water partition coefficient (Wildman–Crippen LogP) is 4.49. The molecule has 0 unspecified atom stereocenters. The molecule has 0 saturated carbocycles. The molecule has 0 aliphatic rings. The Hall–Kier alpha value is -3.21. The first kappa shape index (κ1) is 20.5. The van der Waals surface area contributed by atoms with Crippen LogP contribution in [-0.4, -0.2) is 33.4 Å². The maximum atomic E-state index is 13.2. The highest BCUT2D eigenvalue weighted by Gasteiger charge is 2.21. The van der Waals surface area contributed by atoms with Crippen LogP contribution in [-0.2, 0) is 13.0 Å². The summed E-state index contributed by atoms with van der Waals surface area (Å²) >= 11 is 0. The molecule has 0 spiro atoms. The van der Waals surface area contributed by atoms with Crippen molar-refractivity contribution in [1.82, 2.24) is 14.9 Å². The summed E-state index contributed by atoms with van der Waals surface area (Å²) in [7, 11) is 0. The van der Waals surface area contributed by atoms with E-state index in [4.69, 9.17) is 0 Å². The lowest BCUT2D eigenvalue weighted by atomic mass is 10.1. The molecule has 3 rings (SSSR count). The van der Waals surface area contributed by atoms with E-state index in [-0.39, 0.29) is 11.9 Å². The lowest BCUT2D eigenvalue weighted by molar-refractivity contribution is 0.0684. The van der Waals surface area contributed by atoms with Crippen molar-refractivity contribution in [1.29, 1.82) is 0 Å². The molecule has 0 bridgehead atoms. The van der Waals surface area contributed by atoms with E-state index < -0.39 is 0 Å². The average Bonchev–Trinajstić information content (AvgIpc) is 2.72. The summed E-state index contributed by atoms with van der Waals surface area (Å²) in [5, 5.41) is 3.33. The zero-order valence-electron chi connectivity index (χ0n) is 17.3. The molecule has 29 heavy (non-hydrogen) atoms. The van der Waals surface area contributed by atoms with E-state index in [1.807, 2.05) is 74.2 Å². The molecule has 1 heterocycles. The lowest BCUT2D eigenvalue weighted by Crippen LogP contribution is -2.37. The zero-order chi connectivity index (χ0) is 20.6. The van der Waals surface area contributed by atoms with Crippen molar-refractivity contribution >= 4 is 11.7 Å². The van der Waals surface area contributed by atoms with Gasteiger partial charge in [0, 0.05) is 25.2 Å². The predicted molar refractivity (Wildman–Crippen MR) is 117 cm³/mol. The van der Waals surface area contributed by atoms with Gasteiger partial charge in [-0.1, -0.05) is 60.7 Å². The molecule has 5 nitrogen and oxygen atoms in total. The number of hydrogen-bond acceptors (Lipinski definition) is 4. The largest absolute Gasteiger partial charge is 0.370 e. The number of rotatable bonds is 8. The zero-order valence-corrected chi connectivity index (χ0v) is 17.3. The number of anilines is 1. The Morgan fingerprint density at radius 3 is 2.21 bits per heavy atom. The summed E-state index contributed by atoms with van der Waals surface area (Å²) in [6.07, 6.45) is 0.888. The molecule has 0 fully saturated rings. The molecule has 0 atom stereocenters. The van der Waals surface area contributed by atoms with Crippen LogP contribution in [0.4, 0.5) is 5.82 Å². The summed E-state index contributed by atoms with van der Waals surface area (Å²) in [5.41, 5.74) is 2.78. The van der Waals surface area contributed by atoms with Crippen molar-refractivity contribution in [2.24, 2.45) is 0 Å². The van der Waals surface area contributed by atoms with E-state index in [9.17, 15) is 4.79 Å². The number of carbonyl (C=O) groups excluding carboxylic acids is 1. The van der Waals surface area contributed by atoms with Crippen molar-refractivity contribution in [3.8, 4) is 0 Å². The van der Waals surface area contributed by atoms with Gasteiger partial charge in [-0.15, -0.1) is 0 Å². The minimum absolute atomic E-state index is 0.0625. The topological polar surface area (TPSA) is 58.1 Å². The number of carbonyl (C=O) groups is 1. The minimum atomic E-state index is -0.0829. The lowest BCUT2D eigenvalue weighted by Gasteiger charge is -2.26. The Balaban J connectivity index is 1.71. The first-order valence-corrected chi connectivity index (χ1v) is 10.0. The van der Waals surface area contributed by atoms with Crippen LogP contribution in [0, 0.1) is 6.92 Å². The Morgan fingerprint density at radius 1 is 0.966 bits per heavy atom. The Morgan fingerprint density at radius 2 is 1.59 bits per heavy atom. The van der Waals surface area contributed by atoms with Crippen LogP contribution in [0.5, 0.6) is 0 Å². The Labute approximate surface area is 172 Å². The molecule has 3 aromatic rings. The molecule has 2 aromatic carbocycles. The summed E-state index contributed by atoms with van der Waals surface area (Å²) in [6, 6.07) is 22.1. The second-order valence-electron chi connectivity index (χ2n) is 7.36. The third kappa shape index (κ3) is 5.88. The maximum Gasteiger partial charge on any atom is 0.273 e. The van der Waals surface area contributed by atoms with Crippen LogP contribution < -0.4 is 5.32 Å². The first-order valence-electron chi connectivity index (χ1n) is 10.0. The molecule has 0 aliphatic heterocycles. The number of nitrogens with one attached hydrogen (secondary N) is 1. The molecule has 0 aliphatic carbocycles. The molecule has 0 radical (unpaired) electrons. The van der Waals surface area contributed by atoms with E-state index in [1.165, 1.54) is 5.56 Å². The molecule has 1 N–H and O–H groups in total. The minimum Gasteiger partial charge on any atom is -0.370 e. The number of aromatic nitrogens is 2. The Bertz CT molecular complexity index is 926. The van der Waals surface area contributed by atoms with Gasteiger partial charge in [-0.25, -0.2) is 9.97 Å². The summed E-state index contributed by atoms with van der Waals surface area (Å²) < 4.78 is 0. The number of aryl methyl sites for hydroxylation is 1. The summed E-state index contributed by atoms with van der Waals surface area (Å²) in [6.45, 7) is 7.15. The average molecular weight is 389 g/mol. The second-order valence-corrected chi connectivity index (χ2v) is 7.36. The molecular weight excluding hydrogens is 360 g/mol. The molecule has 5 heteroatoms. The molecule has 1 amide bonds. The van der Waals surface area contributed by atoms with Crippen LogP contribution in [0.2, 0.25) is 0 Å². The van der Waals surface area contributed by atoms with E-state index in [1.54, 1.807) is 6.07 Å². The highest BCUT2D eigenvalue weighted by atomic mass is 16.2. The van der Waals surface area contributed by atoms with Crippen molar-refractivity contribution in [2.75, 3.05) is 11.9 Å². The van der Waals surface area contributed by atoms with Gasteiger partial charge in [0.05, 0.1) is 0 Å². The first-order chi connectivity index (χ1) is 14.0. The van der Waals surface area contributed by atoms with Crippen molar-refractivity contribution in [2.45, 2.75) is 39.8 Å². The van der Waals surface area contributed by atoms with Gasteiger partial charge in [0.1, 0.15) is 17.3 Å². The van der Waals surface area contributed by atoms with Gasteiger partial charge in [0.25, 0.3) is 5.91 Å². The van der Waals surface area contributed by atoms with Gasteiger partial charge in [0.2, 0.25) is 0 Å². The summed E-state index contributed by atoms with van der Waals surface area (Å²) in [4.78, 5) is 23.9. The van der Waals surface area contributed by atoms with Gasteiger partial charge in [-0.3, -0.25) is 4.79 Å². The van der Waals surface area contributed by atoms with Crippen LogP contribution in [0.15, 0.2) is 66.7 Å². The third-order valence-corrected chi connectivity index (χ3v) is 4.70. The molecule has 1 aromatic heterocycles. The van der Waals surface area contributed by atoms with Crippen molar-refractivity contribution in [3.05, 3.63) is 89.4 Å². The van der Waals surface area contributed by atoms with Crippen molar-refractivity contribution in [3.63, 3.8) is 0 Å². The van der Waals surface area contributed by atoms with Gasteiger partial charge in [0.15, 0.2) is 0 Å². The fourth-order valence-electron chi connectivity index (χ4n) is 3.16. The Kier molecular flexibility index (Phi) is 6.95. The highest BCUT2D eigenvalue weighted by molar-refractivity contribution is 5.93. The number of benzene rings is 2. The highest BCUT2D eigenvalue weighted by Crippen LogP contribution is 2.15. The monoisotopic (exact) mass is 388 g/mol. The van der Waals surface area contributed by atoms with Gasteiger partial charge >= 0.3 is 0 Å². The van der Waals surface area contributed by atoms with Crippen LogP contribution in [0.1, 0.15) is 41.3 Å². The van der Waals surface area contributed by atoms with E-state index in [0.717, 1.165) is 18.5 Å². The second kappa shape index (κ2) is 9.82. The number of amides is 1. The van der Waals surface area contributed by atoms with E-state index in [2.05, 4.69) is 27.4 Å². The molecular formula is C24H28N4O. The standard InChI is InChI=1S/C24H28N4O/c1-18(2)28(17-21-12-8-5-9-13-21)24(29)22-16-23(27-19(3)26-22)25-15-14-20-10-6-4-7-11-20/h4-13,16,18H,14-15,17H2,1-3H3,(H,25,26,27). The molecule has 150 valence electrons. The fraction of sp³-hybridized carbons (Fsp3) is 0.292. The van der Waals surface area contributed by atoms with Gasteiger partial charge in [-0.05, 0) is 38.3 Å². The SMILES string of the molecule is Cc1nc(NCCc2ccccc2)cc(C(=O)N(Cc2ccccc2)C(C)C)n1. The summed E-state index contributed by atoms with van der Waals surface area (Å²) in [5.74, 6) is 1.18. The van der Waals surface area contributed by atoms with Crippen LogP contribution in [0.25, 0.3) is 0 Å². The van der Waals surface area contributed by atoms with E-state index in [0.29, 0.717) is 23.9 Å². The van der Waals surface area contributed by atoms with Gasteiger partial charge < -0.3 is 10.2 Å². The third-order valence-electron chi connectivity index (χ3n) is 4.70. The van der Waals surface area contributed by atoms with Crippen molar-refractivity contribution < 1.29 is 4.79 Å².